The van der Waals surface area contributed by atoms with Gasteiger partial charge in [-0.3, -0.25) is 0 Å². The smallest absolute Gasteiger partial charge is 0.0619 e. The quantitative estimate of drug-likeness (QED) is 0.675. The summed E-state index contributed by atoms with van der Waals surface area (Å²) in [5, 5.41) is 3.68. The summed E-state index contributed by atoms with van der Waals surface area (Å²) < 4.78 is 5.44. The molecular weight excluding hydrogens is 164 g/mol. The van der Waals surface area contributed by atoms with E-state index >= 15 is 0 Å². The second kappa shape index (κ2) is 4.40. The molecule has 0 bridgehead atoms. The normalized spacial score (nSPS) is 36.7. The van der Waals surface area contributed by atoms with Gasteiger partial charge in [0.05, 0.1) is 6.61 Å². The van der Waals surface area contributed by atoms with Crippen LogP contribution in [0.1, 0.15) is 19.3 Å². The largest absolute Gasteiger partial charge is 0.380 e. The predicted molar refractivity (Wildman–Crippen MR) is 52.9 cm³/mol. The van der Waals surface area contributed by atoms with Crippen molar-refractivity contribution in [1.82, 2.24) is 10.2 Å². The molecule has 2 atom stereocenters. The van der Waals surface area contributed by atoms with Gasteiger partial charge in [-0.05, 0) is 32.9 Å². The molecule has 0 saturated carbocycles. The van der Waals surface area contributed by atoms with E-state index < -0.39 is 0 Å². The average Bonchev–Trinajstić information content (AvgIpc) is 2.53. The maximum Gasteiger partial charge on any atom is 0.0619 e. The van der Waals surface area contributed by atoms with Gasteiger partial charge >= 0.3 is 0 Å². The van der Waals surface area contributed by atoms with Crippen molar-refractivity contribution in [3.63, 3.8) is 0 Å². The second-order valence-electron chi connectivity index (χ2n) is 4.33. The van der Waals surface area contributed by atoms with Crippen LogP contribution in [0.4, 0.5) is 0 Å². The Morgan fingerprint density at radius 2 is 2.23 bits per heavy atom. The van der Waals surface area contributed by atoms with Crippen molar-refractivity contribution in [3.8, 4) is 0 Å². The molecule has 2 rings (SSSR count). The lowest BCUT2D eigenvalue weighted by atomic mass is 10.1. The molecule has 0 aromatic rings. The molecule has 76 valence electrons. The summed E-state index contributed by atoms with van der Waals surface area (Å²) in [6.45, 7) is 4.32. The molecule has 3 nitrogen and oxygen atoms in total. The number of hydrogen-bond acceptors (Lipinski definition) is 3. The molecule has 2 saturated heterocycles. The van der Waals surface area contributed by atoms with Crippen LogP contribution in [-0.2, 0) is 4.74 Å². The van der Waals surface area contributed by atoms with Crippen molar-refractivity contribution in [2.45, 2.75) is 31.3 Å². The highest BCUT2D eigenvalue weighted by Crippen LogP contribution is 2.11. The number of hydrogen-bond donors (Lipinski definition) is 1. The summed E-state index contributed by atoms with van der Waals surface area (Å²) in [6, 6.07) is 1.32. The molecule has 2 aliphatic rings. The molecule has 0 spiro atoms. The monoisotopic (exact) mass is 184 g/mol. The van der Waals surface area contributed by atoms with Gasteiger partial charge in [0.15, 0.2) is 0 Å². The maximum absolute atomic E-state index is 5.44. The summed E-state index contributed by atoms with van der Waals surface area (Å²) >= 11 is 0. The van der Waals surface area contributed by atoms with Gasteiger partial charge in [-0.1, -0.05) is 0 Å². The van der Waals surface area contributed by atoms with E-state index in [2.05, 4.69) is 17.3 Å². The molecule has 0 radical (unpaired) electrons. The minimum atomic E-state index is 0.616. The van der Waals surface area contributed by atoms with Crippen LogP contribution in [0.3, 0.4) is 0 Å². The average molecular weight is 184 g/mol. The zero-order chi connectivity index (χ0) is 9.10. The topological polar surface area (TPSA) is 24.5 Å². The van der Waals surface area contributed by atoms with Crippen LogP contribution in [-0.4, -0.2) is 50.3 Å². The standard InChI is InChI=1S/C10H20N2O/c1-12-5-4-9(7-12)11-10-3-2-6-13-8-10/h9-11H,2-8H2,1H3. The lowest BCUT2D eigenvalue weighted by Gasteiger charge is -2.26. The van der Waals surface area contributed by atoms with Crippen molar-refractivity contribution in [2.24, 2.45) is 0 Å². The summed E-state index contributed by atoms with van der Waals surface area (Å²) in [6.07, 6.45) is 3.81. The third kappa shape index (κ3) is 2.66. The van der Waals surface area contributed by atoms with E-state index in [1.807, 2.05) is 0 Å². The van der Waals surface area contributed by atoms with Gasteiger partial charge in [-0.15, -0.1) is 0 Å². The first kappa shape index (κ1) is 9.44. The zero-order valence-electron chi connectivity index (χ0n) is 8.46. The van der Waals surface area contributed by atoms with Crippen molar-refractivity contribution in [1.29, 1.82) is 0 Å². The molecule has 0 amide bonds. The van der Waals surface area contributed by atoms with Gasteiger partial charge in [-0.25, -0.2) is 0 Å². The van der Waals surface area contributed by atoms with Gasteiger partial charge in [0.25, 0.3) is 0 Å². The maximum atomic E-state index is 5.44. The second-order valence-corrected chi connectivity index (χ2v) is 4.33. The van der Waals surface area contributed by atoms with Gasteiger partial charge in [0, 0.05) is 25.2 Å². The van der Waals surface area contributed by atoms with E-state index in [1.165, 1.54) is 32.4 Å². The number of likely N-dealkylation sites (tertiary alicyclic amines) is 1. The number of nitrogens with one attached hydrogen (secondary N) is 1. The number of likely N-dealkylation sites (N-methyl/N-ethyl adjacent to an activating group) is 1. The molecule has 0 aromatic carbocycles. The summed E-state index contributed by atoms with van der Waals surface area (Å²) in [7, 11) is 2.19. The van der Waals surface area contributed by atoms with E-state index in [1.54, 1.807) is 0 Å². The molecule has 2 fully saturated rings. The molecule has 2 aliphatic heterocycles. The van der Waals surface area contributed by atoms with Crippen LogP contribution in [0, 0.1) is 0 Å². The highest BCUT2D eigenvalue weighted by atomic mass is 16.5. The highest BCUT2D eigenvalue weighted by molar-refractivity contribution is 4.83. The fourth-order valence-corrected chi connectivity index (χ4v) is 2.28. The Hall–Kier alpha value is -0.120. The van der Waals surface area contributed by atoms with Crippen LogP contribution in [0.15, 0.2) is 0 Å². The molecule has 2 heterocycles. The first-order chi connectivity index (χ1) is 6.34. The first-order valence-corrected chi connectivity index (χ1v) is 5.37. The highest BCUT2D eigenvalue weighted by Gasteiger charge is 2.23. The Morgan fingerprint density at radius 3 is 2.85 bits per heavy atom. The first-order valence-electron chi connectivity index (χ1n) is 5.37. The third-order valence-corrected chi connectivity index (χ3v) is 3.02. The van der Waals surface area contributed by atoms with Crippen molar-refractivity contribution in [2.75, 3.05) is 33.4 Å². The number of ether oxygens (including phenoxy) is 1. The molecule has 13 heavy (non-hydrogen) atoms. The Morgan fingerprint density at radius 1 is 1.31 bits per heavy atom. The molecule has 3 heteroatoms. The number of nitrogens with zero attached hydrogens (tertiary/aromatic N) is 1. The molecule has 2 unspecified atom stereocenters. The van der Waals surface area contributed by atoms with E-state index in [0.717, 1.165) is 13.2 Å². The van der Waals surface area contributed by atoms with Gasteiger partial charge < -0.3 is 15.0 Å². The van der Waals surface area contributed by atoms with Crippen molar-refractivity contribution >= 4 is 0 Å². The minimum Gasteiger partial charge on any atom is -0.380 e. The summed E-state index contributed by atoms with van der Waals surface area (Å²) in [5.74, 6) is 0. The van der Waals surface area contributed by atoms with E-state index in [4.69, 9.17) is 4.74 Å². The Bertz CT molecular complexity index is 154. The summed E-state index contributed by atoms with van der Waals surface area (Å²) in [5.41, 5.74) is 0. The van der Waals surface area contributed by atoms with Crippen LogP contribution in [0.25, 0.3) is 0 Å². The SMILES string of the molecule is CN1CCC(NC2CCCOC2)C1. The van der Waals surface area contributed by atoms with Crippen LogP contribution in [0.5, 0.6) is 0 Å². The van der Waals surface area contributed by atoms with Crippen molar-refractivity contribution in [3.05, 3.63) is 0 Å². The van der Waals surface area contributed by atoms with Crippen LogP contribution < -0.4 is 5.32 Å². The van der Waals surface area contributed by atoms with E-state index in [9.17, 15) is 0 Å². The number of rotatable bonds is 2. The zero-order valence-corrected chi connectivity index (χ0v) is 8.46. The Balaban J connectivity index is 1.71. The minimum absolute atomic E-state index is 0.616. The molecular formula is C10H20N2O. The van der Waals surface area contributed by atoms with Gasteiger partial charge in [0.2, 0.25) is 0 Å². The molecule has 1 N–H and O–H groups in total. The van der Waals surface area contributed by atoms with E-state index in [-0.39, 0.29) is 0 Å². The third-order valence-electron chi connectivity index (χ3n) is 3.02. The Labute approximate surface area is 80.4 Å². The summed E-state index contributed by atoms with van der Waals surface area (Å²) in [4.78, 5) is 2.39. The molecule has 0 aliphatic carbocycles. The molecule has 0 aromatic heterocycles. The van der Waals surface area contributed by atoms with Gasteiger partial charge in [-0.2, -0.15) is 0 Å². The van der Waals surface area contributed by atoms with Crippen molar-refractivity contribution < 1.29 is 4.74 Å². The van der Waals surface area contributed by atoms with E-state index in [0.29, 0.717) is 12.1 Å². The lowest BCUT2D eigenvalue weighted by Crippen LogP contribution is -2.44. The van der Waals surface area contributed by atoms with Crippen LogP contribution >= 0.6 is 0 Å². The fourth-order valence-electron chi connectivity index (χ4n) is 2.28. The Kier molecular flexibility index (Phi) is 3.19. The van der Waals surface area contributed by atoms with Crippen LogP contribution in [0.2, 0.25) is 0 Å². The van der Waals surface area contributed by atoms with Gasteiger partial charge in [0.1, 0.15) is 0 Å². The predicted octanol–water partition coefficient (Wildman–Crippen LogP) is 0.459. The fraction of sp³-hybridized carbons (Fsp3) is 1.00. The lowest BCUT2D eigenvalue weighted by molar-refractivity contribution is 0.0668.